The molecule has 0 N–H and O–H groups in total. The van der Waals surface area contributed by atoms with Gasteiger partial charge in [-0.15, -0.1) is 0 Å². The second-order valence-corrected chi connectivity index (χ2v) is 6.39. The third-order valence-electron chi connectivity index (χ3n) is 4.07. The summed E-state index contributed by atoms with van der Waals surface area (Å²) in [7, 11) is 0. The molecule has 0 aliphatic rings. The lowest BCUT2D eigenvalue weighted by Crippen LogP contribution is -2.05. The maximum atomic E-state index is 5.81. The zero-order valence-corrected chi connectivity index (χ0v) is 13.9. The van der Waals surface area contributed by atoms with Crippen molar-refractivity contribution in [1.29, 1.82) is 0 Å². The van der Waals surface area contributed by atoms with Crippen LogP contribution in [-0.4, -0.2) is 22.6 Å². The van der Waals surface area contributed by atoms with E-state index in [1.54, 1.807) is 0 Å². The molecule has 3 rings (SSSR count). The summed E-state index contributed by atoms with van der Waals surface area (Å²) in [4.78, 5) is 4.52. The van der Waals surface area contributed by atoms with Crippen molar-refractivity contribution in [3.05, 3.63) is 47.4 Å². The highest BCUT2D eigenvalue weighted by atomic mass is 16.5. The summed E-state index contributed by atoms with van der Waals surface area (Å²) in [5, 5.41) is 1.31. The quantitative estimate of drug-likeness (QED) is 0.655. The van der Waals surface area contributed by atoms with Crippen LogP contribution < -0.4 is 0 Å². The minimum atomic E-state index is 0.579. The average molecular weight is 296 g/mol. The van der Waals surface area contributed by atoms with E-state index in [2.05, 4.69) is 61.3 Å². The van der Waals surface area contributed by atoms with E-state index in [4.69, 9.17) is 4.74 Å². The highest BCUT2D eigenvalue weighted by molar-refractivity contribution is 5.93. The Morgan fingerprint density at radius 3 is 2.73 bits per heavy atom. The first-order valence-corrected chi connectivity index (χ1v) is 8.01. The number of hydrogen-bond acceptors (Lipinski definition) is 2. The lowest BCUT2D eigenvalue weighted by atomic mass is 10.1. The lowest BCUT2D eigenvalue weighted by Gasteiger charge is -2.08. The molecule has 2 aromatic heterocycles. The lowest BCUT2D eigenvalue weighted by molar-refractivity contribution is 0.113. The van der Waals surface area contributed by atoms with Gasteiger partial charge in [-0.2, -0.15) is 0 Å². The molecular weight excluding hydrogens is 272 g/mol. The van der Waals surface area contributed by atoms with E-state index in [9.17, 15) is 0 Å². The Kier molecular flexibility index (Phi) is 4.16. The van der Waals surface area contributed by atoms with Crippen LogP contribution in [0.4, 0.5) is 0 Å². The van der Waals surface area contributed by atoms with Crippen molar-refractivity contribution in [2.24, 2.45) is 5.92 Å². The predicted octanol–water partition coefficient (Wildman–Crippen LogP) is 4.32. The monoisotopic (exact) mass is 296 g/mol. The average Bonchev–Trinajstić information content (AvgIpc) is 2.83. The minimum Gasteiger partial charge on any atom is -0.381 e. The highest BCUT2D eigenvalue weighted by Crippen LogP contribution is 2.29. The van der Waals surface area contributed by atoms with Gasteiger partial charge in [0.1, 0.15) is 5.82 Å². The summed E-state index contributed by atoms with van der Waals surface area (Å²) in [6.07, 6.45) is 2.91. The zero-order chi connectivity index (χ0) is 15.7. The Morgan fingerprint density at radius 2 is 1.95 bits per heavy atom. The van der Waals surface area contributed by atoms with Gasteiger partial charge >= 0.3 is 0 Å². The number of nitrogens with zero attached hydrogens (tertiary/aromatic N) is 2. The molecule has 0 saturated heterocycles. The van der Waals surface area contributed by atoms with Gasteiger partial charge in [0.25, 0.3) is 0 Å². The van der Waals surface area contributed by atoms with E-state index in [0.29, 0.717) is 5.92 Å². The normalized spacial score (nSPS) is 11.9. The predicted molar refractivity (Wildman–Crippen MR) is 91.5 cm³/mol. The van der Waals surface area contributed by atoms with Gasteiger partial charge in [0.05, 0.1) is 17.6 Å². The Bertz CT molecular complexity index is 802. The summed E-state index contributed by atoms with van der Waals surface area (Å²) in [5.41, 5.74) is 5.13. The summed E-state index contributed by atoms with van der Waals surface area (Å²) in [6, 6.07) is 8.59. The molecule has 0 aliphatic carbocycles. The van der Waals surface area contributed by atoms with Crippen molar-refractivity contribution in [1.82, 2.24) is 9.38 Å². The Morgan fingerprint density at radius 1 is 1.18 bits per heavy atom. The highest BCUT2D eigenvalue weighted by Gasteiger charge is 2.15. The molecule has 0 unspecified atom stereocenters. The number of hydrogen-bond donors (Lipinski definition) is 0. The third-order valence-corrected chi connectivity index (χ3v) is 4.07. The Hall–Kier alpha value is -1.87. The molecular formula is C19H24N2O. The molecule has 3 nitrogen and oxygen atoms in total. The first-order valence-electron chi connectivity index (χ1n) is 8.01. The topological polar surface area (TPSA) is 26.5 Å². The smallest absolute Gasteiger partial charge is 0.110 e. The molecule has 0 saturated carbocycles. The molecule has 0 aliphatic heterocycles. The first-order chi connectivity index (χ1) is 10.6. The van der Waals surface area contributed by atoms with Crippen molar-refractivity contribution >= 4 is 16.4 Å². The number of benzene rings is 1. The molecule has 1 aromatic carbocycles. The van der Waals surface area contributed by atoms with Crippen LogP contribution in [0.5, 0.6) is 0 Å². The summed E-state index contributed by atoms with van der Waals surface area (Å²) < 4.78 is 8.09. The molecule has 3 aromatic rings. The molecule has 3 heteroatoms. The molecule has 0 bridgehead atoms. The van der Waals surface area contributed by atoms with Gasteiger partial charge in [0.15, 0.2) is 0 Å². The van der Waals surface area contributed by atoms with Gasteiger partial charge in [-0.25, -0.2) is 4.98 Å². The molecule has 0 radical (unpaired) electrons. The molecule has 0 fully saturated rings. The summed E-state index contributed by atoms with van der Waals surface area (Å²) in [5.74, 6) is 1.61. The van der Waals surface area contributed by atoms with E-state index in [-0.39, 0.29) is 0 Å². The molecule has 2 heterocycles. The van der Waals surface area contributed by atoms with E-state index in [1.165, 1.54) is 27.5 Å². The van der Waals surface area contributed by atoms with Gasteiger partial charge in [0.2, 0.25) is 0 Å². The van der Waals surface area contributed by atoms with Crippen LogP contribution in [0.15, 0.2) is 30.5 Å². The number of fused-ring (bicyclic) bond motifs is 3. The van der Waals surface area contributed by atoms with Crippen molar-refractivity contribution in [2.45, 2.75) is 34.1 Å². The third kappa shape index (κ3) is 2.61. The second kappa shape index (κ2) is 6.09. The standard InChI is InChI=1S/C19H24N2O/c1-13(2)12-22-10-9-17-16-7-5-6-8-18(16)21-15(4)20-11-14(3)19(17)21/h5-8,11,13H,9-10,12H2,1-4H3. The van der Waals surface area contributed by atoms with Crippen LogP contribution >= 0.6 is 0 Å². The summed E-state index contributed by atoms with van der Waals surface area (Å²) >= 11 is 0. The Balaban J connectivity index is 2.08. The van der Waals surface area contributed by atoms with Crippen LogP contribution in [0.1, 0.15) is 30.8 Å². The number of rotatable bonds is 5. The fraction of sp³-hybridized carbons (Fsp3) is 0.421. The zero-order valence-electron chi connectivity index (χ0n) is 13.9. The van der Waals surface area contributed by atoms with Crippen LogP contribution in [-0.2, 0) is 11.2 Å². The van der Waals surface area contributed by atoms with Crippen molar-refractivity contribution in [2.75, 3.05) is 13.2 Å². The number of aryl methyl sites for hydroxylation is 2. The van der Waals surface area contributed by atoms with Crippen LogP contribution in [0, 0.1) is 19.8 Å². The van der Waals surface area contributed by atoms with Crippen LogP contribution in [0.25, 0.3) is 16.4 Å². The van der Waals surface area contributed by atoms with E-state index >= 15 is 0 Å². The van der Waals surface area contributed by atoms with E-state index in [0.717, 1.165) is 25.5 Å². The first kappa shape index (κ1) is 15.0. The number of aromatic nitrogens is 2. The largest absolute Gasteiger partial charge is 0.381 e. The van der Waals surface area contributed by atoms with Gasteiger partial charge < -0.3 is 4.74 Å². The minimum absolute atomic E-state index is 0.579. The maximum Gasteiger partial charge on any atom is 0.110 e. The fourth-order valence-electron chi connectivity index (χ4n) is 3.11. The van der Waals surface area contributed by atoms with Crippen molar-refractivity contribution < 1.29 is 4.74 Å². The molecule has 116 valence electrons. The second-order valence-electron chi connectivity index (χ2n) is 6.39. The number of para-hydroxylation sites is 1. The van der Waals surface area contributed by atoms with E-state index < -0.39 is 0 Å². The van der Waals surface area contributed by atoms with Crippen LogP contribution in [0.3, 0.4) is 0 Å². The van der Waals surface area contributed by atoms with Crippen molar-refractivity contribution in [3.63, 3.8) is 0 Å². The molecule has 0 atom stereocenters. The molecule has 22 heavy (non-hydrogen) atoms. The number of ether oxygens (including phenoxy) is 1. The molecule has 0 amide bonds. The Labute approximate surface area is 131 Å². The van der Waals surface area contributed by atoms with E-state index in [1.807, 2.05) is 6.20 Å². The van der Waals surface area contributed by atoms with Gasteiger partial charge in [0, 0.05) is 18.2 Å². The van der Waals surface area contributed by atoms with Gasteiger partial charge in [-0.3, -0.25) is 4.40 Å². The van der Waals surface area contributed by atoms with Gasteiger partial charge in [-0.1, -0.05) is 32.0 Å². The van der Waals surface area contributed by atoms with Gasteiger partial charge in [-0.05, 0) is 43.4 Å². The summed E-state index contributed by atoms with van der Waals surface area (Å²) in [6.45, 7) is 10.2. The fourth-order valence-corrected chi connectivity index (χ4v) is 3.11. The van der Waals surface area contributed by atoms with Crippen molar-refractivity contribution in [3.8, 4) is 0 Å². The van der Waals surface area contributed by atoms with Crippen LogP contribution in [0.2, 0.25) is 0 Å². The maximum absolute atomic E-state index is 5.81. The molecule has 0 spiro atoms. The SMILES string of the molecule is Cc1cnc(C)n2c1c(CCOCC(C)C)c1ccccc12.